The van der Waals surface area contributed by atoms with Gasteiger partial charge in [-0.1, -0.05) is 54.6 Å². The summed E-state index contributed by atoms with van der Waals surface area (Å²) in [6.45, 7) is 2.17. The predicted molar refractivity (Wildman–Crippen MR) is 105 cm³/mol. The molecule has 1 aliphatic rings. The topological polar surface area (TPSA) is 41.9 Å². The molecular weight excluding hydrogens is 324 g/mol. The highest BCUT2D eigenvalue weighted by molar-refractivity contribution is 6.18. The zero-order valence-corrected chi connectivity index (χ0v) is 14.8. The Kier molecular flexibility index (Phi) is 4.17. The zero-order valence-electron chi connectivity index (χ0n) is 14.8. The molecule has 4 nitrogen and oxygen atoms in total. The summed E-state index contributed by atoms with van der Waals surface area (Å²) in [5.74, 6) is -0.788. The average molecular weight is 344 g/mol. The largest absolute Gasteiger partial charge is 0.465 e. The van der Waals surface area contributed by atoms with Crippen LogP contribution in [0.25, 0.3) is 10.8 Å². The van der Waals surface area contributed by atoms with Gasteiger partial charge in [-0.05, 0) is 41.0 Å². The highest BCUT2D eigenvalue weighted by Crippen LogP contribution is 2.36. The highest BCUT2D eigenvalue weighted by Gasteiger charge is 2.35. The van der Waals surface area contributed by atoms with E-state index in [9.17, 15) is 4.79 Å². The number of ether oxygens (including phenoxy) is 1. The molecule has 0 aromatic heterocycles. The summed E-state index contributed by atoms with van der Waals surface area (Å²) < 4.78 is 5.37. The van der Waals surface area contributed by atoms with Gasteiger partial charge in [0.25, 0.3) is 0 Å². The van der Waals surface area contributed by atoms with E-state index in [0.29, 0.717) is 6.61 Å². The number of nitrogens with zero attached hydrogens (tertiary/aromatic N) is 2. The first-order valence-corrected chi connectivity index (χ1v) is 8.76. The first-order valence-electron chi connectivity index (χ1n) is 8.76. The number of carbonyl (C=O) groups is 1. The minimum atomic E-state index is -0.525. The van der Waals surface area contributed by atoms with Crippen molar-refractivity contribution < 1.29 is 9.53 Å². The monoisotopic (exact) mass is 344 g/mol. The van der Waals surface area contributed by atoms with Crippen molar-refractivity contribution in [2.75, 3.05) is 18.7 Å². The summed E-state index contributed by atoms with van der Waals surface area (Å²) in [4.78, 5) is 12.8. The van der Waals surface area contributed by atoms with Crippen molar-refractivity contribution in [3.8, 4) is 0 Å². The molecule has 3 aromatic carbocycles. The van der Waals surface area contributed by atoms with Crippen LogP contribution in [0.1, 0.15) is 24.0 Å². The molecule has 1 heterocycles. The van der Waals surface area contributed by atoms with Crippen LogP contribution in [0.2, 0.25) is 0 Å². The minimum absolute atomic E-state index is 0.264. The van der Waals surface area contributed by atoms with Crippen molar-refractivity contribution in [1.29, 1.82) is 0 Å². The molecule has 0 amide bonds. The van der Waals surface area contributed by atoms with E-state index in [0.717, 1.165) is 33.3 Å². The molecule has 0 bridgehead atoms. The molecule has 0 spiro atoms. The van der Waals surface area contributed by atoms with Crippen LogP contribution in [0.5, 0.6) is 0 Å². The quantitative estimate of drug-likeness (QED) is 0.664. The van der Waals surface area contributed by atoms with Gasteiger partial charge in [-0.25, -0.2) is 0 Å². The van der Waals surface area contributed by atoms with E-state index >= 15 is 0 Å². The number of anilines is 1. The third-order valence-electron chi connectivity index (χ3n) is 4.70. The second-order valence-corrected chi connectivity index (χ2v) is 6.31. The normalized spacial score (nSPS) is 16.2. The Morgan fingerprint density at radius 2 is 1.77 bits per heavy atom. The molecule has 4 heteroatoms. The van der Waals surface area contributed by atoms with Gasteiger partial charge >= 0.3 is 5.97 Å². The van der Waals surface area contributed by atoms with Crippen molar-refractivity contribution in [1.82, 2.24) is 0 Å². The van der Waals surface area contributed by atoms with E-state index in [1.807, 2.05) is 61.4 Å². The second-order valence-electron chi connectivity index (χ2n) is 6.31. The molecule has 0 aliphatic carbocycles. The molecule has 130 valence electrons. The maximum Gasteiger partial charge on any atom is 0.319 e. The molecule has 0 saturated carbocycles. The Morgan fingerprint density at radius 3 is 2.58 bits per heavy atom. The Morgan fingerprint density at radius 1 is 1.04 bits per heavy atom. The molecule has 1 unspecified atom stereocenters. The van der Waals surface area contributed by atoms with Crippen molar-refractivity contribution in [3.05, 3.63) is 77.9 Å². The maximum atomic E-state index is 12.8. The van der Waals surface area contributed by atoms with Crippen LogP contribution in [0.4, 0.5) is 5.69 Å². The van der Waals surface area contributed by atoms with Crippen LogP contribution in [0.3, 0.4) is 0 Å². The molecule has 1 aliphatic heterocycles. The number of esters is 1. The lowest BCUT2D eigenvalue weighted by Gasteiger charge is -2.30. The van der Waals surface area contributed by atoms with E-state index in [-0.39, 0.29) is 5.97 Å². The molecule has 0 fully saturated rings. The number of benzene rings is 3. The number of carbonyl (C=O) groups excluding carboxylic acids is 1. The lowest BCUT2D eigenvalue weighted by molar-refractivity contribution is -0.143. The summed E-state index contributed by atoms with van der Waals surface area (Å²) in [5.41, 5.74) is 3.50. The number of para-hydroxylation sites is 1. The van der Waals surface area contributed by atoms with Crippen LogP contribution in [-0.2, 0) is 9.53 Å². The van der Waals surface area contributed by atoms with Gasteiger partial charge in [0.1, 0.15) is 5.92 Å². The van der Waals surface area contributed by atoms with Crippen molar-refractivity contribution >= 4 is 28.1 Å². The molecule has 0 N–H and O–H groups in total. The van der Waals surface area contributed by atoms with Crippen molar-refractivity contribution in [2.45, 2.75) is 12.8 Å². The Bertz CT molecular complexity index is 1010. The molecule has 3 aromatic rings. The smallest absolute Gasteiger partial charge is 0.319 e. The molecule has 26 heavy (non-hydrogen) atoms. The number of hydrazone groups is 1. The molecular formula is C22H20N2O2. The number of rotatable bonds is 3. The van der Waals surface area contributed by atoms with Crippen LogP contribution in [-0.4, -0.2) is 25.3 Å². The van der Waals surface area contributed by atoms with Crippen LogP contribution in [0, 0.1) is 0 Å². The third-order valence-corrected chi connectivity index (χ3v) is 4.70. The summed E-state index contributed by atoms with van der Waals surface area (Å²) in [6, 6.07) is 22.2. The fourth-order valence-corrected chi connectivity index (χ4v) is 3.48. The summed E-state index contributed by atoms with van der Waals surface area (Å²) in [7, 11) is 1.90. The zero-order chi connectivity index (χ0) is 18.1. The predicted octanol–water partition coefficient (Wildman–Crippen LogP) is 4.34. The van der Waals surface area contributed by atoms with E-state index in [2.05, 4.69) is 24.3 Å². The lowest BCUT2D eigenvalue weighted by atomic mass is 9.87. The van der Waals surface area contributed by atoms with E-state index < -0.39 is 5.92 Å². The number of hydrogen-bond acceptors (Lipinski definition) is 4. The summed E-state index contributed by atoms with van der Waals surface area (Å²) >= 11 is 0. The van der Waals surface area contributed by atoms with Crippen molar-refractivity contribution in [3.63, 3.8) is 0 Å². The van der Waals surface area contributed by atoms with Gasteiger partial charge in [-0.2, -0.15) is 5.10 Å². The van der Waals surface area contributed by atoms with Crippen molar-refractivity contribution in [2.24, 2.45) is 5.10 Å². The molecule has 4 rings (SSSR count). The van der Waals surface area contributed by atoms with E-state index in [1.54, 1.807) is 0 Å². The van der Waals surface area contributed by atoms with Crippen LogP contribution >= 0.6 is 0 Å². The van der Waals surface area contributed by atoms with Gasteiger partial charge in [0, 0.05) is 7.05 Å². The van der Waals surface area contributed by atoms with Gasteiger partial charge in [0.15, 0.2) is 0 Å². The average Bonchev–Trinajstić information content (AvgIpc) is 2.67. The molecule has 0 saturated heterocycles. The lowest BCUT2D eigenvalue weighted by Crippen LogP contribution is -2.32. The van der Waals surface area contributed by atoms with Gasteiger partial charge in [0.2, 0.25) is 0 Å². The second kappa shape index (κ2) is 6.64. The van der Waals surface area contributed by atoms with E-state index in [1.165, 1.54) is 0 Å². The van der Waals surface area contributed by atoms with Crippen LogP contribution in [0.15, 0.2) is 71.8 Å². The molecule has 1 atom stereocenters. The Labute approximate surface area is 152 Å². The maximum absolute atomic E-state index is 12.8. The highest BCUT2D eigenvalue weighted by atomic mass is 16.5. The first-order chi connectivity index (χ1) is 12.7. The standard InChI is InChI=1S/C22H20N2O2/c1-3-26-22(25)20-18-10-6-7-11-19(18)24(2)23-21(20)17-13-12-15-8-4-5-9-16(15)14-17/h4-14,20H,3H2,1-2H3. The van der Waals surface area contributed by atoms with Gasteiger partial charge < -0.3 is 4.74 Å². The number of hydrogen-bond donors (Lipinski definition) is 0. The fraction of sp³-hybridized carbons (Fsp3) is 0.182. The summed E-state index contributed by atoms with van der Waals surface area (Å²) in [6.07, 6.45) is 0. The molecule has 0 radical (unpaired) electrons. The van der Waals surface area contributed by atoms with Gasteiger partial charge in [-0.15, -0.1) is 0 Å². The number of fused-ring (bicyclic) bond motifs is 2. The fourth-order valence-electron chi connectivity index (χ4n) is 3.48. The third kappa shape index (κ3) is 2.73. The Balaban J connectivity index is 1.87. The summed E-state index contributed by atoms with van der Waals surface area (Å²) in [5, 5.41) is 8.85. The SMILES string of the molecule is CCOC(=O)C1C(c2ccc3ccccc3c2)=NN(C)c2ccccc21. The van der Waals surface area contributed by atoms with E-state index in [4.69, 9.17) is 9.84 Å². The Hall–Kier alpha value is -3.14. The van der Waals surface area contributed by atoms with Gasteiger partial charge in [0.05, 0.1) is 18.0 Å². The first kappa shape index (κ1) is 16.3. The minimum Gasteiger partial charge on any atom is -0.465 e. The van der Waals surface area contributed by atoms with Gasteiger partial charge in [-0.3, -0.25) is 9.80 Å². The van der Waals surface area contributed by atoms with Crippen LogP contribution < -0.4 is 5.01 Å².